The molecule has 1 fully saturated rings. The highest BCUT2D eigenvalue weighted by Gasteiger charge is 2.26. The van der Waals surface area contributed by atoms with Gasteiger partial charge in [0, 0.05) is 30.6 Å². The Morgan fingerprint density at radius 2 is 2.06 bits per heavy atom. The van der Waals surface area contributed by atoms with E-state index in [0.29, 0.717) is 6.54 Å². The van der Waals surface area contributed by atoms with Crippen molar-refractivity contribution in [1.82, 2.24) is 9.88 Å². The number of pyridine rings is 1. The van der Waals surface area contributed by atoms with Crippen molar-refractivity contribution in [3.8, 4) is 11.5 Å². The van der Waals surface area contributed by atoms with Gasteiger partial charge in [0.05, 0.1) is 18.2 Å². The lowest BCUT2D eigenvalue weighted by atomic mass is 10.1. The van der Waals surface area contributed by atoms with Gasteiger partial charge in [-0.25, -0.2) is 4.98 Å². The number of rotatable bonds is 4. The van der Waals surface area contributed by atoms with Crippen LogP contribution < -0.4 is 9.47 Å². The number of hydrogen-bond acceptors (Lipinski definition) is 6. The number of thioether (sulfide) groups is 1. The molecule has 0 amide bonds. The number of amidine groups is 1. The van der Waals surface area contributed by atoms with Gasteiger partial charge in [-0.3, -0.25) is 4.99 Å². The van der Waals surface area contributed by atoms with Gasteiger partial charge in [0.15, 0.2) is 16.7 Å². The largest absolute Gasteiger partial charge is 0.454 e. The van der Waals surface area contributed by atoms with E-state index in [9.17, 15) is 0 Å². The van der Waals surface area contributed by atoms with Crippen LogP contribution in [0.5, 0.6) is 11.5 Å². The van der Waals surface area contributed by atoms with Gasteiger partial charge < -0.3 is 19.1 Å². The molecule has 32 heavy (non-hydrogen) atoms. The fraction of sp³-hybridized carbons (Fsp3) is 0.360. The summed E-state index contributed by atoms with van der Waals surface area (Å²) in [7, 11) is 0. The molecule has 6 rings (SSSR count). The van der Waals surface area contributed by atoms with Gasteiger partial charge in [-0.1, -0.05) is 17.7 Å². The highest BCUT2D eigenvalue weighted by molar-refractivity contribution is 8.13. The van der Waals surface area contributed by atoms with Gasteiger partial charge >= 0.3 is 0 Å². The first-order valence-electron chi connectivity index (χ1n) is 11.1. The molecule has 1 saturated heterocycles. The molecular formula is C25H25N3O3S. The van der Waals surface area contributed by atoms with Crippen molar-refractivity contribution in [3.63, 3.8) is 0 Å². The molecule has 0 N–H and O–H groups in total. The molecule has 1 aromatic heterocycles. The summed E-state index contributed by atoms with van der Waals surface area (Å²) < 4.78 is 16.9. The summed E-state index contributed by atoms with van der Waals surface area (Å²) in [4.78, 5) is 12.3. The molecule has 2 aromatic carbocycles. The summed E-state index contributed by atoms with van der Waals surface area (Å²) in [5.74, 6) is 1.62. The van der Waals surface area contributed by atoms with Crippen LogP contribution in [0.1, 0.15) is 29.5 Å². The van der Waals surface area contributed by atoms with E-state index in [1.54, 1.807) is 11.8 Å². The fourth-order valence-corrected chi connectivity index (χ4v) is 5.40. The molecule has 0 radical (unpaired) electrons. The molecule has 6 nitrogen and oxygen atoms in total. The van der Waals surface area contributed by atoms with Crippen molar-refractivity contribution in [2.24, 2.45) is 4.99 Å². The van der Waals surface area contributed by atoms with Crippen LogP contribution in [0.25, 0.3) is 10.9 Å². The van der Waals surface area contributed by atoms with Crippen LogP contribution in [0.2, 0.25) is 0 Å². The Labute approximate surface area is 191 Å². The van der Waals surface area contributed by atoms with Gasteiger partial charge in [-0.05, 0) is 67.4 Å². The van der Waals surface area contributed by atoms with E-state index in [2.05, 4.69) is 48.2 Å². The van der Waals surface area contributed by atoms with Crippen molar-refractivity contribution >= 4 is 27.8 Å². The Morgan fingerprint density at radius 1 is 1.12 bits per heavy atom. The van der Waals surface area contributed by atoms with E-state index in [4.69, 9.17) is 24.2 Å². The smallest absolute Gasteiger partial charge is 0.231 e. The van der Waals surface area contributed by atoms with Crippen molar-refractivity contribution < 1.29 is 14.2 Å². The van der Waals surface area contributed by atoms with Gasteiger partial charge in [-0.2, -0.15) is 0 Å². The van der Waals surface area contributed by atoms with Crippen LogP contribution in [0.3, 0.4) is 0 Å². The van der Waals surface area contributed by atoms with Gasteiger partial charge in [0.1, 0.15) is 5.03 Å². The average Bonchev–Trinajstić information content (AvgIpc) is 3.48. The van der Waals surface area contributed by atoms with Crippen LogP contribution in [-0.2, 0) is 17.8 Å². The Bertz CT molecular complexity index is 1210. The van der Waals surface area contributed by atoms with Crippen LogP contribution in [-0.4, -0.2) is 41.1 Å². The third kappa shape index (κ3) is 3.91. The second-order valence-corrected chi connectivity index (χ2v) is 9.51. The summed E-state index contributed by atoms with van der Waals surface area (Å²) >= 11 is 1.67. The Hall–Kier alpha value is -2.77. The van der Waals surface area contributed by atoms with Crippen LogP contribution in [0.4, 0.5) is 0 Å². The number of nitrogens with zero attached hydrogens (tertiary/aromatic N) is 3. The molecule has 0 bridgehead atoms. The molecule has 0 aliphatic carbocycles. The zero-order chi connectivity index (χ0) is 21.5. The van der Waals surface area contributed by atoms with Crippen molar-refractivity contribution in [2.75, 3.05) is 19.9 Å². The Balaban J connectivity index is 1.33. The third-order valence-electron chi connectivity index (χ3n) is 6.09. The van der Waals surface area contributed by atoms with E-state index in [1.807, 2.05) is 6.07 Å². The zero-order valence-electron chi connectivity index (χ0n) is 18.0. The molecule has 3 aliphatic heterocycles. The average molecular weight is 448 g/mol. The van der Waals surface area contributed by atoms with Crippen molar-refractivity contribution in [1.29, 1.82) is 0 Å². The molecule has 0 unspecified atom stereocenters. The summed E-state index contributed by atoms with van der Waals surface area (Å²) in [6, 6.07) is 14.9. The maximum absolute atomic E-state index is 5.81. The highest BCUT2D eigenvalue weighted by Crippen LogP contribution is 2.36. The van der Waals surface area contributed by atoms with E-state index < -0.39 is 0 Å². The number of aromatic nitrogens is 1. The first-order valence-corrected chi connectivity index (χ1v) is 11.9. The predicted octanol–water partition coefficient (Wildman–Crippen LogP) is 4.91. The minimum absolute atomic E-state index is 0.226. The second kappa shape index (κ2) is 8.30. The normalized spacial score (nSPS) is 20.8. The van der Waals surface area contributed by atoms with Gasteiger partial charge in [-0.15, -0.1) is 0 Å². The van der Waals surface area contributed by atoms with Crippen LogP contribution in [0, 0.1) is 6.92 Å². The van der Waals surface area contributed by atoms with E-state index in [0.717, 1.165) is 59.7 Å². The van der Waals surface area contributed by atoms with Crippen molar-refractivity contribution in [3.05, 3.63) is 59.2 Å². The van der Waals surface area contributed by atoms with Crippen molar-refractivity contribution in [2.45, 2.75) is 44.0 Å². The lowest BCUT2D eigenvalue weighted by molar-refractivity contribution is 0.117. The molecule has 7 heteroatoms. The number of hydrogen-bond donors (Lipinski definition) is 0. The zero-order valence-corrected chi connectivity index (χ0v) is 18.9. The quantitative estimate of drug-likeness (QED) is 0.566. The van der Waals surface area contributed by atoms with Crippen LogP contribution in [0.15, 0.2) is 52.5 Å². The standard InChI is InChI=1S/C25H25N3O3S/c1-16-4-6-21-18(9-16)11-19-14-28(13-17-5-7-22-23(10-17)31-15-30-22)25(32-24(19)27-21)26-12-20-3-2-8-29-20/h4-7,9-11,20H,2-3,8,12-15H2,1H3/t20-/m1/s1. The van der Waals surface area contributed by atoms with Crippen LogP contribution >= 0.6 is 11.8 Å². The number of fused-ring (bicyclic) bond motifs is 3. The third-order valence-corrected chi connectivity index (χ3v) is 7.21. The first kappa shape index (κ1) is 19.9. The summed E-state index contributed by atoms with van der Waals surface area (Å²) in [6.07, 6.45) is 2.44. The highest BCUT2D eigenvalue weighted by atomic mass is 32.2. The predicted molar refractivity (Wildman–Crippen MR) is 125 cm³/mol. The summed E-state index contributed by atoms with van der Waals surface area (Å²) in [6.45, 7) is 5.48. The fourth-order valence-electron chi connectivity index (χ4n) is 4.43. The lowest BCUT2D eigenvalue weighted by Gasteiger charge is -2.31. The molecule has 3 aromatic rings. The number of aryl methyl sites for hydroxylation is 1. The maximum Gasteiger partial charge on any atom is 0.231 e. The minimum atomic E-state index is 0.226. The summed E-state index contributed by atoms with van der Waals surface area (Å²) in [5.41, 5.74) is 4.70. The molecule has 0 saturated carbocycles. The molecular weight excluding hydrogens is 422 g/mol. The number of benzene rings is 2. The Morgan fingerprint density at radius 3 is 2.97 bits per heavy atom. The Kier molecular flexibility index (Phi) is 5.15. The van der Waals surface area contributed by atoms with E-state index >= 15 is 0 Å². The lowest BCUT2D eigenvalue weighted by Crippen LogP contribution is -2.32. The molecule has 0 spiro atoms. The van der Waals surface area contributed by atoms with Gasteiger partial charge in [0.25, 0.3) is 0 Å². The topological polar surface area (TPSA) is 56.2 Å². The van der Waals surface area contributed by atoms with E-state index in [1.165, 1.54) is 22.1 Å². The first-order chi connectivity index (χ1) is 15.7. The number of ether oxygens (including phenoxy) is 3. The van der Waals surface area contributed by atoms with Gasteiger partial charge in [0.2, 0.25) is 6.79 Å². The second-order valence-electron chi connectivity index (χ2n) is 8.55. The van der Waals surface area contributed by atoms with E-state index in [-0.39, 0.29) is 12.9 Å². The molecule has 3 aliphatic rings. The summed E-state index contributed by atoms with van der Waals surface area (Å²) in [5, 5.41) is 3.24. The number of aliphatic imine (C=N–C) groups is 1. The molecule has 4 heterocycles. The molecule has 164 valence electrons. The maximum atomic E-state index is 5.81. The molecule has 1 atom stereocenters. The SMILES string of the molecule is Cc1ccc2nc3c(cc2c1)CN(Cc1ccc2c(c1)OCO2)C(=NC[C@H]1CCCO1)S3. The monoisotopic (exact) mass is 447 g/mol. The minimum Gasteiger partial charge on any atom is -0.454 e.